The molecule has 3 aromatic rings. The number of ether oxygens (including phenoxy) is 2. The third-order valence-corrected chi connectivity index (χ3v) is 9.64. The molecule has 1 amide bonds. The smallest absolute Gasteiger partial charge is 0.275 e. The summed E-state index contributed by atoms with van der Waals surface area (Å²) >= 11 is 0. The molecule has 198 valence electrons. The predicted molar refractivity (Wildman–Crippen MR) is 140 cm³/mol. The van der Waals surface area contributed by atoms with Crippen molar-refractivity contribution in [3.63, 3.8) is 0 Å². The summed E-state index contributed by atoms with van der Waals surface area (Å²) in [6, 6.07) is 13.7. The van der Waals surface area contributed by atoms with Crippen LogP contribution in [-0.4, -0.2) is 85.5 Å². The van der Waals surface area contributed by atoms with E-state index in [1.165, 1.54) is 5.56 Å². The Balaban J connectivity index is 1.32. The first-order valence-corrected chi connectivity index (χ1v) is 14.8. The topological polar surface area (TPSA) is 94.0 Å². The van der Waals surface area contributed by atoms with Gasteiger partial charge in [0.05, 0.1) is 54.0 Å². The van der Waals surface area contributed by atoms with E-state index in [0.717, 1.165) is 50.5 Å². The molecule has 9 nitrogen and oxygen atoms in total. The summed E-state index contributed by atoms with van der Waals surface area (Å²) < 4.78 is 39.7. The fourth-order valence-electron chi connectivity index (χ4n) is 5.86. The third-order valence-electron chi connectivity index (χ3n) is 7.96. The molecular weight excluding hydrogens is 504 g/mol. The van der Waals surface area contributed by atoms with Crippen LogP contribution in [-0.2, 0) is 31.6 Å². The fraction of sp³-hybridized carbons (Fsp3) is 0.429. The van der Waals surface area contributed by atoms with Crippen LogP contribution in [0, 0.1) is 6.92 Å². The molecule has 2 atom stereocenters. The number of aromatic nitrogens is 2. The Morgan fingerprint density at radius 3 is 2.63 bits per heavy atom. The maximum Gasteiger partial charge on any atom is 0.275 e. The number of amides is 1. The Kier molecular flexibility index (Phi) is 5.70. The summed E-state index contributed by atoms with van der Waals surface area (Å²) in [5.41, 5.74) is 4.82. The largest absolute Gasteiger partial charge is 0.379 e. The maximum atomic E-state index is 13.8. The molecule has 1 aliphatic carbocycles. The number of sulfone groups is 1. The van der Waals surface area contributed by atoms with Crippen molar-refractivity contribution in [3.8, 4) is 16.9 Å². The molecular formula is C28H30N4O5S. The van der Waals surface area contributed by atoms with Gasteiger partial charge in [-0.25, -0.2) is 13.1 Å². The molecule has 3 fully saturated rings. The molecule has 38 heavy (non-hydrogen) atoms. The van der Waals surface area contributed by atoms with Crippen LogP contribution in [0.15, 0.2) is 47.4 Å². The van der Waals surface area contributed by atoms with Gasteiger partial charge in [0.2, 0.25) is 0 Å². The van der Waals surface area contributed by atoms with Crippen LogP contribution in [0.3, 0.4) is 0 Å². The number of benzene rings is 2. The van der Waals surface area contributed by atoms with Crippen LogP contribution in [0.5, 0.6) is 0 Å². The lowest BCUT2D eigenvalue weighted by molar-refractivity contribution is 0.0258. The average molecular weight is 535 g/mol. The van der Waals surface area contributed by atoms with Crippen molar-refractivity contribution in [2.75, 3.05) is 39.5 Å². The highest BCUT2D eigenvalue weighted by molar-refractivity contribution is 7.90. The average Bonchev–Trinajstić information content (AvgIpc) is 3.63. The van der Waals surface area contributed by atoms with E-state index in [1.54, 1.807) is 10.7 Å². The number of rotatable bonds is 4. The number of nitrogens with zero attached hydrogens (tertiary/aromatic N) is 4. The van der Waals surface area contributed by atoms with E-state index in [1.807, 2.05) is 36.1 Å². The molecule has 0 bridgehead atoms. The van der Waals surface area contributed by atoms with E-state index in [2.05, 4.69) is 17.0 Å². The van der Waals surface area contributed by atoms with Crippen molar-refractivity contribution in [2.24, 2.45) is 0 Å². The van der Waals surface area contributed by atoms with Gasteiger partial charge in [-0.15, -0.1) is 0 Å². The Bertz CT molecular complexity index is 1530. The highest BCUT2D eigenvalue weighted by Crippen LogP contribution is 2.42. The van der Waals surface area contributed by atoms with E-state index in [9.17, 15) is 13.2 Å². The minimum atomic E-state index is -3.62. The van der Waals surface area contributed by atoms with Gasteiger partial charge in [-0.05, 0) is 42.7 Å². The molecule has 2 saturated heterocycles. The number of hydrogen-bond acceptors (Lipinski definition) is 7. The van der Waals surface area contributed by atoms with Gasteiger partial charge in [0.15, 0.2) is 15.5 Å². The SMILES string of the molecule is Cc1ccc2c(c1)S(=O)(=O)Cc1c(C(=O)N3CCOC4CC43)nn(-c3ccc(CN4CCOCC4)cc3)c1-2. The van der Waals surface area contributed by atoms with Crippen LogP contribution in [0.25, 0.3) is 16.9 Å². The van der Waals surface area contributed by atoms with Crippen LogP contribution < -0.4 is 0 Å². The Morgan fingerprint density at radius 1 is 1.05 bits per heavy atom. The van der Waals surface area contributed by atoms with Crippen molar-refractivity contribution in [2.45, 2.75) is 42.7 Å². The van der Waals surface area contributed by atoms with E-state index in [0.29, 0.717) is 34.9 Å². The standard InChI is InChI=1S/C28H30N4O5S/c1-18-2-7-21-25(14-18)38(34,35)17-22-26(28(33)31-10-13-37-24-15-23(24)31)29-32(27(21)22)20-5-3-19(4-6-20)16-30-8-11-36-12-9-30/h2-7,14,23-24H,8-13,15-17H2,1H3. The second kappa shape index (κ2) is 9.01. The van der Waals surface area contributed by atoms with Gasteiger partial charge in [-0.2, -0.15) is 5.10 Å². The van der Waals surface area contributed by atoms with Crippen molar-refractivity contribution >= 4 is 15.7 Å². The van der Waals surface area contributed by atoms with Gasteiger partial charge in [0.1, 0.15) is 0 Å². The number of aryl methyl sites for hydroxylation is 1. The molecule has 4 aliphatic rings. The first-order chi connectivity index (χ1) is 18.4. The number of morpholine rings is 2. The minimum absolute atomic E-state index is 0.0478. The summed E-state index contributed by atoms with van der Waals surface area (Å²) in [7, 11) is -3.62. The quantitative estimate of drug-likeness (QED) is 0.508. The normalized spacial score (nSPS) is 23.9. The van der Waals surface area contributed by atoms with Crippen molar-refractivity contribution < 1.29 is 22.7 Å². The summed E-state index contributed by atoms with van der Waals surface area (Å²) in [4.78, 5) is 18.3. The molecule has 4 heterocycles. The first-order valence-electron chi connectivity index (χ1n) is 13.2. The molecule has 3 aliphatic heterocycles. The van der Waals surface area contributed by atoms with Gasteiger partial charge in [0, 0.05) is 37.3 Å². The zero-order valence-electron chi connectivity index (χ0n) is 21.3. The maximum absolute atomic E-state index is 13.8. The Labute approximate surface area is 221 Å². The summed E-state index contributed by atoms with van der Waals surface area (Å²) in [6.45, 7) is 7.02. The zero-order valence-corrected chi connectivity index (χ0v) is 22.1. The van der Waals surface area contributed by atoms with Gasteiger partial charge >= 0.3 is 0 Å². The first kappa shape index (κ1) is 24.0. The highest BCUT2D eigenvalue weighted by atomic mass is 32.2. The summed E-state index contributed by atoms with van der Waals surface area (Å²) in [5.74, 6) is -0.460. The lowest BCUT2D eigenvalue weighted by Crippen LogP contribution is -2.41. The van der Waals surface area contributed by atoms with Crippen molar-refractivity contribution in [1.29, 1.82) is 0 Å². The number of carbonyl (C=O) groups excluding carboxylic acids is 1. The van der Waals surface area contributed by atoms with Crippen LogP contribution in [0.1, 0.15) is 33.6 Å². The molecule has 1 aromatic heterocycles. The summed E-state index contributed by atoms with van der Waals surface area (Å²) in [6.07, 6.45) is 0.900. The van der Waals surface area contributed by atoms with E-state index >= 15 is 0 Å². The molecule has 2 aromatic carbocycles. The van der Waals surface area contributed by atoms with Crippen LogP contribution in [0.2, 0.25) is 0 Å². The lowest BCUT2D eigenvalue weighted by atomic mass is 10.0. The Hall–Kier alpha value is -3.05. The number of carbonyl (C=O) groups is 1. The molecule has 10 heteroatoms. The lowest BCUT2D eigenvalue weighted by Gasteiger charge is -2.26. The van der Waals surface area contributed by atoms with Crippen molar-refractivity contribution in [3.05, 3.63) is 64.8 Å². The number of fused-ring (bicyclic) bond motifs is 4. The Morgan fingerprint density at radius 2 is 1.84 bits per heavy atom. The number of hydrogen-bond donors (Lipinski definition) is 0. The van der Waals surface area contributed by atoms with E-state index in [-0.39, 0.29) is 29.5 Å². The molecule has 2 unspecified atom stereocenters. The minimum Gasteiger partial charge on any atom is -0.379 e. The highest BCUT2D eigenvalue weighted by Gasteiger charge is 2.49. The zero-order chi connectivity index (χ0) is 26.0. The summed E-state index contributed by atoms with van der Waals surface area (Å²) in [5, 5.41) is 4.82. The fourth-order valence-corrected chi connectivity index (χ4v) is 7.53. The van der Waals surface area contributed by atoms with E-state index < -0.39 is 9.84 Å². The molecule has 0 N–H and O–H groups in total. The second-order valence-corrected chi connectivity index (χ2v) is 12.6. The molecule has 1 saturated carbocycles. The third kappa shape index (κ3) is 4.07. The van der Waals surface area contributed by atoms with Gasteiger partial charge < -0.3 is 14.4 Å². The molecule has 0 spiro atoms. The van der Waals surface area contributed by atoms with Gasteiger partial charge in [0.25, 0.3) is 5.91 Å². The second-order valence-electron chi connectivity index (χ2n) is 10.6. The van der Waals surface area contributed by atoms with E-state index in [4.69, 9.17) is 14.6 Å². The van der Waals surface area contributed by atoms with Gasteiger partial charge in [-0.1, -0.05) is 24.3 Å². The predicted octanol–water partition coefficient (Wildman–Crippen LogP) is 2.58. The van der Waals surface area contributed by atoms with Crippen LogP contribution >= 0.6 is 0 Å². The molecule has 7 rings (SSSR count). The van der Waals surface area contributed by atoms with Gasteiger partial charge in [-0.3, -0.25) is 9.69 Å². The van der Waals surface area contributed by atoms with Crippen LogP contribution in [0.4, 0.5) is 0 Å². The monoisotopic (exact) mass is 534 g/mol. The molecule has 0 radical (unpaired) electrons. The van der Waals surface area contributed by atoms with Crippen molar-refractivity contribution in [1.82, 2.24) is 19.6 Å².